The van der Waals surface area contributed by atoms with Crippen LogP contribution in [-0.4, -0.2) is 55.5 Å². The largest absolute Gasteiger partial charge is 0.391 e. The van der Waals surface area contributed by atoms with Crippen molar-refractivity contribution < 1.29 is 18.3 Å². The number of amides is 1. The second kappa shape index (κ2) is 5.82. The van der Waals surface area contributed by atoms with Gasteiger partial charge in [-0.15, -0.1) is 0 Å². The van der Waals surface area contributed by atoms with Gasteiger partial charge >= 0.3 is 0 Å². The van der Waals surface area contributed by atoms with Crippen LogP contribution in [0.15, 0.2) is 0 Å². The zero-order valence-electron chi connectivity index (χ0n) is 10.4. The van der Waals surface area contributed by atoms with Crippen LogP contribution < -0.4 is 0 Å². The van der Waals surface area contributed by atoms with Crippen LogP contribution in [-0.2, 0) is 14.6 Å². The summed E-state index contributed by atoms with van der Waals surface area (Å²) in [4.78, 5) is 13.3. The van der Waals surface area contributed by atoms with Crippen LogP contribution in [0.3, 0.4) is 0 Å². The lowest BCUT2D eigenvalue weighted by Gasteiger charge is -2.35. The normalized spacial score (nSPS) is 25.6. The Bertz CT molecular complexity index is 366. The van der Waals surface area contributed by atoms with E-state index in [-0.39, 0.29) is 24.1 Å². The topological polar surface area (TPSA) is 74.7 Å². The minimum absolute atomic E-state index is 0.00144. The van der Waals surface area contributed by atoms with Crippen LogP contribution in [0.25, 0.3) is 0 Å². The third-order valence-corrected chi connectivity index (χ3v) is 4.22. The molecule has 2 atom stereocenters. The number of sulfone groups is 1. The van der Waals surface area contributed by atoms with Gasteiger partial charge in [0.1, 0.15) is 9.84 Å². The van der Waals surface area contributed by atoms with E-state index in [9.17, 15) is 18.3 Å². The van der Waals surface area contributed by atoms with E-state index < -0.39 is 15.9 Å². The Morgan fingerprint density at radius 3 is 2.47 bits per heavy atom. The number of likely N-dealkylation sites (N-methyl/N-ethyl adjacent to an activating group) is 1. The number of carbonyl (C=O) groups is 1. The van der Waals surface area contributed by atoms with Crippen molar-refractivity contribution in [1.82, 2.24) is 4.90 Å². The van der Waals surface area contributed by atoms with Crippen molar-refractivity contribution in [1.29, 1.82) is 0 Å². The van der Waals surface area contributed by atoms with Gasteiger partial charge in [0.05, 0.1) is 17.9 Å². The van der Waals surface area contributed by atoms with Crippen molar-refractivity contribution in [2.45, 2.75) is 44.2 Å². The monoisotopic (exact) mass is 263 g/mol. The van der Waals surface area contributed by atoms with E-state index in [0.717, 1.165) is 25.5 Å². The molecule has 0 aromatic heterocycles. The highest BCUT2D eigenvalue weighted by atomic mass is 32.2. The molecule has 1 aliphatic carbocycles. The molecule has 1 fully saturated rings. The van der Waals surface area contributed by atoms with E-state index in [0.29, 0.717) is 6.42 Å². The molecule has 0 radical (unpaired) electrons. The van der Waals surface area contributed by atoms with Crippen LogP contribution in [0, 0.1) is 0 Å². The highest BCUT2D eigenvalue weighted by Gasteiger charge is 2.29. The molecule has 6 heteroatoms. The van der Waals surface area contributed by atoms with Gasteiger partial charge in [0.15, 0.2) is 0 Å². The first-order chi connectivity index (χ1) is 7.81. The van der Waals surface area contributed by atoms with Gasteiger partial charge in [-0.25, -0.2) is 8.42 Å². The Labute approximate surface area is 103 Å². The standard InChI is InChI=1S/C11H21NO4S/c1-12(9-5-3-4-6-10(9)13)11(14)7-8-17(2,15)16/h9-10,13H,3-8H2,1-2H3. The van der Waals surface area contributed by atoms with Crippen LogP contribution in [0.2, 0.25) is 0 Å². The minimum atomic E-state index is -3.11. The Morgan fingerprint density at radius 1 is 1.35 bits per heavy atom. The number of aliphatic hydroxyl groups is 1. The maximum Gasteiger partial charge on any atom is 0.223 e. The van der Waals surface area contributed by atoms with Gasteiger partial charge in [-0.3, -0.25) is 4.79 Å². The molecule has 1 N–H and O–H groups in total. The van der Waals surface area contributed by atoms with Crippen LogP contribution in [0.4, 0.5) is 0 Å². The molecule has 1 saturated carbocycles. The summed E-state index contributed by atoms with van der Waals surface area (Å²) >= 11 is 0. The molecule has 2 unspecified atom stereocenters. The van der Waals surface area contributed by atoms with Crippen molar-refractivity contribution in [3.8, 4) is 0 Å². The van der Waals surface area contributed by atoms with E-state index >= 15 is 0 Å². The molecule has 1 rings (SSSR count). The number of rotatable bonds is 4. The fraction of sp³-hybridized carbons (Fsp3) is 0.909. The fourth-order valence-electron chi connectivity index (χ4n) is 2.18. The summed E-state index contributed by atoms with van der Waals surface area (Å²) in [6.45, 7) is 0. The maximum atomic E-state index is 11.8. The summed E-state index contributed by atoms with van der Waals surface area (Å²) in [6, 6.07) is -0.157. The molecule has 0 spiro atoms. The molecule has 0 bridgehead atoms. The molecule has 0 aromatic carbocycles. The lowest BCUT2D eigenvalue weighted by Crippen LogP contribution is -2.46. The Morgan fingerprint density at radius 2 is 1.94 bits per heavy atom. The average Bonchev–Trinajstić information content (AvgIpc) is 2.24. The van der Waals surface area contributed by atoms with Gasteiger partial charge < -0.3 is 10.0 Å². The first-order valence-corrected chi connectivity index (χ1v) is 7.99. The number of nitrogens with zero attached hydrogens (tertiary/aromatic N) is 1. The summed E-state index contributed by atoms with van der Waals surface area (Å²) < 4.78 is 22.0. The molecule has 1 aliphatic rings. The van der Waals surface area contributed by atoms with Crippen molar-refractivity contribution >= 4 is 15.7 Å². The molecule has 0 aromatic rings. The quantitative estimate of drug-likeness (QED) is 0.785. The molecule has 0 saturated heterocycles. The van der Waals surface area contributed by atoms with Crippen molar-refractivity contribution in [2.24, 2.45) is 0 Å². The molecule has 1 amide bonds. The van der Waals surface area contributed by atoms with Crippen molar-refractivity contribution in [3.05, 3.63) is 0 Å². The van der Waals surface area contributed by atoms with Crippen molar-refractivity contribution in [3.63, 3.8) is 0 Å². The van der Waals surface area contributed by atoms with Gasteiger partial charge in [0.2, 0.25) is 5.91 Å². The van der Waals surface area contributed by atoms with Gasteiger partial charge in [-0.2, -0.15) is 0 Å². The smallest absolute Gasteiger partial charge is 0.223 e. The zero-order valence-corrected chi connectivity index (χ0v) is 11.2. The molecule has 5 nitrogen and oxygen atoms in total. The Balaban J connectivity index is 2.50. The van der Waals surface area contributed by atoms with Crippen LogP contribution in [0.1, 0.15) is 32.1 Å². The molecular weight excluding hydrogens is 242 g/mol. The van der Waals surface area contributed by atoms with Gasteiger partial charge in [0, 0.05) is 19.7 Å². The third-order valence-electron chi connectivity index (χ3n) is 3.27. The second-order valence-electron chi connectivity index (χ2n) is 4.80. The third kappa shape index (κ3) is 4.63. The van der Waals surface area contributed by atoms with Crippen LogP contribution in [0.5, 0.6) is 0 Å². The second-order valence-corrected chi connectivity index (χ2v) is 7.06. The van der Waals surface area contributed by atoms with Crippen LogP contribution >= 0.6 is 0 Å². The fourth-order valence-corrected chi connectivity index (χ4v) is 2.72. The average molecular weight is 263 g/mol. The molecule has 17 heavy (non-hydrogen) atoms. The number of hydrogen-bond acceptors (Lipinski definition) is 4. The predicted octanol–water partition coefficient (Wildman–Crippen LogP) is 0.183. The van der Waals surface area contributed by atoms with Gasteiger partial charge in [0.25, 0.3) is 0 Å². The van der Waals surface area contributed by atoms with E-state index in [4.69, 9.17) is 0 Å². The molecule has 0 aliphatic heterocycles. The molecule has 100 valence electrons. The lowest BCUT2D eigenvalue weighted by molar-refractivity contribution is -0.134. The lowest BCUT2D eigenvalue weighted by atomic mass is 9.91. The predicted molar refractivity (Wildman–Crippen MR) is 65.4 cm³/mol. The highest BCUT2D eigenvalue weighted by Crippen LogP contribution is 2.22. The number of carbonyl (C=O) groups excluding carboxylic acids is 1. The Kier molecular flexibility index (Phi) is 4.94. The summed E-state index contributed by atoms with van der Waals surface area (Å²) in [5.41, 5.74) is 0. The van der Waals surface area contributed by atoms with Crippen molar-refractivity contribution in [2.75, 3.05) is 19.1 Å². The minimum Gasteiger partial charge on any atom is -0.391 e. The summed E-state index contributed by atoms with van der Waals surface area (Å²) in [5.74, 6) is -0.333. The zero-order chi connectivity index (χ0) is 13.1. The Hall–Kier alpha value is -0.620. The summed E-state index contributed by atoms with van der Waals surface area (Å²) in [5, 5.41) is 9.80. The first-order valence-electron chi connectivity index (χ1n) is 5.92. The van der Waals surface area contributed by atoms with Gasteiger partial charge in [-0.05, 0) is 12.8 Å². The van der Waals surface area contributed by atoms with E-state index in [1.165, 1.54) is 4.90 Å². The molecular formula is C11H21NO4S. The van der Waals surface area contributed by atoms with Gasteiger partial charge in [-0.1, -0.05) is 12.8 Å². The van der Waals surface area contributed by atoms with E-state index in [2.05, 4.69) is 0 Å². The van der Waals surface area contributed by atoms with E-state index in [1.54, 1.807) is 7.05 Å². The maximum absolute atomic E-state index is 11.8. The summed E-state index contributed by atoms with van der Waals surface area (Å²) in [7, 11) is -1.46. The first kappa shape index (κ1) is 14.4. The van der Waals surface area contributed by atoms with E-state index in [1.807, 2.05) is 0 Å². The molecule has 0 heterocycles. The number of hydrogen-bond donors (Lipinski definition) is 1. The summed E-state index contributed by atoms with van der Waals surface area (Å²) in [6.07, 6.45) is 4.15. The highest BCUT2D eigenvalue weighted by molar-refractivity contribution is 7.90. The SMILES string of the molecule is CN(C(=O)CCS(C)(=O)=O)C1CCCCC1O. The number of aliphatic hydroxyl groups excluding tert-OH is 1.